The highest BCUT2D eigenvalue weighted by atomic mass is 16.3. The molecule has 1 N–H and O–H groups in total. The largest absolute Gasteiger partial charge is 0.395 e. The molecule has 0 aliphatic rings. The fraction of sp³-hybridized carbons (Fsp3) is 0.667. The molecule has 0 aromatic carbocycles. The van der Waals surface area contributed by atoms with Gasteiger partial charge in [0.15, 0.2) is 0 Å². The molecule has 12 heavy (non-hydrogen) atoms. The third kappa shape index (κ3) is 1.50. The van der Waals surface area contributed by atoms with Gasteiger partial charge in [0.25, 0.3) is 0 Å². The quantitative estimate of drug-likeness (QED) is 0.735. The highest BCUT2D eigenvalue weighted by Gasteiger charge is 2.22. The fourth-order valence-electron chi connectivity index (χ4n) is 1.24. The Morgan fingerprint density at radius 3 is 2.75 bits per heavy atom. The molecule has 0 fully saturated rings. The molecule has 3 nitrogen and oxygen atoms in total. The lowest BCUT2D eigenvalue weighted by Crippen LogP contribution is -2.26. The zero-order valence-electron chi connectivity index (χ0n) is 7.91. The molecule has 1 rings (SSSR count). The van der Waals surface area contributed by atoms with Gasteiger partial charge in [-0.3, -0.25) is 4.68 Å². The average Bonchev–Trinajstić information content (AvgIpc) is 2.52. The first-order valence-electron chi connectivity index (χ1n) is 4.25. The maximum absolute atomic E-state index is 9.14. The summed E-state index contributed by atoms with van der Waals surface area (Å²) in [6.45, 7) is 7.07. The van der Waals surface area contributed by atoms with E-state index in [1.54, 1.807) is 6.20 Å². The maximum Gasteiger partial charge on any atom is 0.0537 e. The molecule has 0 atom stereocenters. The molecule has 0 aliphatic heterocycles. The summed E-state index contributed by atoms with van der Waals surface area (Å²) in [5.41, 5.74) is 0.902. The van der Waals surface area contributed by atoms with Crippen LogP contribution in [0.15, 0.2) is 12.3 Å². The number of rotatable bonds is 3. The van der Waals surface area contributed by atoms with Gasteiger partial charge in [0.1, 0.15) is 0 Å². The van der Waals surface area contributed by atoms with Crippen LogP contribution in [0.2, 0.25) is 0 Å². The molecule has 0 amide bonds. The van der Waals surface area contributed by atoms with Crippen LogP contribution in [-0.4, -0.2) is 21.5 Å². The summed E-state index contributed by atoms with van der Waals surface area (Å²) >= 11 is 0. The van der Waals surface area contributed by atoms with E-state index in [1.165, 1.54) is 0 Å². The van der Waals surface area contributed by atoms with Crippen molar-refractivity contribution in [2.75, 3.05) is 6.61 Å². The summed E-state index contributed by atoms with van der Waals surface area (Å²) in [6.07, 6.45) is 1.77. The minimum Gasteiger partial charge on any atom is -0.395 e. The number of aromatic nitrogens is 2. The van der Waals surface area contributed by atoms with Gasteiger partial charge < -0.3 is 5.11 Å². The predicted octanol–water partition coefficient (Wildman–Crippen LogP) is 1.17. The van der Waals surface area contributed by atoms with Crippen LogP contribution in [0.4, 0.5) is 0 Å². The summed E-state index contributed by atoms with van der Waals surface area (Å²) < 4.78 is 1.91. The standard InChI is InChI=1S/C9H16N2O/c1-4-11-8(5-6-10-11)9(2,3)7-12/h5-6,12H,4,7H2,1-3H3. The van der Waals surface area contributed by atoms with Gasteiger partial charge in [-0.05, 0) is 13.0 Å². The first-order chi connectivity index (χ1) is 5.61. The van der Waals surface area contributed by atoms with Gasteiger partial charge in [-0.2, -0.15) is 5.10 Å². The molecule has 0 saturated heterocycles. The van der Waals surface area contributed by atoms with E-state index in [0.717, 1.165) is 12.2 Å². The molecule has 0 radical (unpaired) electrons. The number of aliphatic hydroxyl groups excluding tert-OH is 1. The molecular formula is C9H16N2O. The Morgan fingerprint density at radius 2 is 2.25 bits per heavy atom. The second kappa shape index (κ2) is 3.27. The lowest BCUT2D eigenvalue weighted by Gasteiger charge is -2.22. The van der Waals surface area contributed by atoms with Gasteiger partial charge in [0, 0.05) is 23.9 Å². The van der Waals surface area contributed by atoms with Crippen molar-refractivity contribution in [3.63, 3.8) is 0 Å². The van der Waals surface area contributed by atoms with E-state index < -0.39 is 0 Å². The summed E-state index contributed by atoms with van der Waals surface area (Å²) in [4.78, 5) is 0. The molecule has 1 aromatic rings. The molecular weight excluding hydrogens is 152 g/mol. The Labute approximate surface area is 73.0 Å². The number of nitrogens with zero attached hydrogens (tertiary/aromatic N) is 2. The molecule has 3 heteroatoms. The minimum absolute atomic E-state index is 0.151. The van der Waals surface area contributed by atoms with Crippen LogP contribution in [0.5, 0.6) is 0 Å². The van der Waals surface area contributed by atoms with Gasteiger partial charge in [0.05, 0.1) is 6.61 Å². The number of hydrogen-bond donors (Lipinski definition) is 1. The SMILES string of the molecule is CCn1nccc1C(C)(C)CO. The highest BCUT2D eigenvalue weighted by Crippen LogP contribution is 2.21. The van der Waals surface area contributed by atoms with Gasteiger partial charge in [-0.1, -0.05) is 13.8 Å². The number of aliphatic hydroxyl groups is 1. The number of hydrogen-bond acceptors (Lipinski definition) is 2. The van der Waals surface area contributed by atoms with E-state index in [-0.39, 0.29) is 12.0 Å². The normalized spacial score (nSPS) is 12.0. The van der Waals surface area contributed by atoms with Crippen LogP contribution in [-0.2, 0) is 12.0 Å². The molecule has 0 spiro atoms. The van der Waals surface area contributed by atoms with E-state index in [2.05, 4.69) is 5.10 Å². The van der Waals surface area contributed by atoms with Crippen molar-refractivity contribution in [3.8, 4) is 0 Å². The Hall–Kier alpha value is -0.830. The molecule has 68 valence electrons. The van der Waals surface area contributed by atoms with Crippen LogP contribution in [0.1, 0.15) is 26.5 Å². The van der Waals surface area contributed by atoms with Gasteiger partial charge in [-0.15, -0.1) is 0 Å². The summed E-state index contributed by atoms with van der Waals surface area (Å²) in [5, 5.41) is 13.3. The molecule has 1 aromatic heterocycles. The van der Waals surface area contributed by atoms with E-state index in [0.29, 0.717) is 0 Å². The zero-order valence-corrected chi connectivity index (χ0v) is 7.91. The average molecular weight is 168 g/mol. The summed E-state index contributed by atoms with van der Waals surface area (Å²) in [5.74, 6) is 0. The minimum atomic E-state index is -0.188. The number of aryl methyl sites for hydroxylation is 1. The van der Waals surface area contributed by atoms with Crippen LogP contribution in [0, 0.1) is 0 Å². The van der Waals surface area contributed by atoms with Gasteiger partial charge in [0.2, 0.25) is 0 Å². The molecule has 0 unspecified atom stereocenters. The fourth-order valence-corrected chi connectivity index (χ4v) is 1.24. The van der Waals surface area contributed by atoms with Crippen molar-refractivity contribution in [2.45, 2.75) is 32.7 Å². The first-order valence-corrected chi connectivity index (χ1v) is 4.25. The molecule has 1 heterocycles. The van der Waals surface area contributed by atoms with Crippen LogP contribution >= 0.6 is 0 Å². The van der Waals surface area contributed by atoms with Crippen LogP contribution in [0.25, 0.3) is 0 Å². The lowest BCUT2D eigenvalue weighted by atomic mass is 9.90. The Bertz CT molecular complexity index is 253. The van der Waals surface area contributed by atoms with Crippen molar-refractivity contribution in [1.82, 2.24) is 9.78 Å². The van der Waals surface area contributed by atoms with Crippen molar-refractivity contribution in [3.05, 3.63) is 18.0 Å². The third-order valence-electron chi connectivity index (χ3n) is 2.10. The summed E-state index contributed by atoms with van der Waals surface area (Å²) in [7, 11) is 0. The Morgan fingerprint density at radius 1 is 1.58 bits per heavy atom. The molecule has 0 saturated carbocycles. The Kier molecular flexibility index (Phi) is 2.52. The predicted molar refractivity (Wildman–Crippen MR) is 48.0 cm³/mol. The van der Waals surface area contributed by atoms with Crippen molar-refractivity contribution < 1.29 is 5.11 Å². The van der Waals surface area contributed by atoms with E-state index in [4.69, 9.17) is 5.11 Å². The summed E-state index contributed by atoms with van der Waals surface area (Å²) in [6, 6.07) is 1.96. The third-order valence-corrected chi connectivity index (χ3v) is 2.10. The smallest absolute Gasteiger partial charge is 0.0537 e. The first kappa shape index (κ1) is 9.26. The highest BCUT2D eigenvalue weighted by molar-refractivity contribution is 5.13. The van der Waals surface area contributed by atoms with E-state index >= 15 is 0 Å². The van der Waals surface area contributed by atoms with E-state index in [9.17, 15) is 0 Å². The Balaban J connectivity index is 3.00. The van der Waals surface area contributed by atoms with Crippen LogP contribution in [0.3, 0.4) is 0 Å². The van der Waals surface area contributed by atoms with Crippen molar-refractivity contribution in [1.29, 1.82) is 0 Å². The van der Waals surface area contributed by atoms with Crippen LogP contribution < -0.4 is 0 Å². The second-order valence-electron chi connectivity index (χ2n) is 3.57. The molecule has 0 bridgehead atoms. The molecule has 0 aliphatic carbocycles. The zero-order chi connectivity index (χ0) is 9.19. The monoisotopic (exact) mass is 168 g/mol. The topological polar surface area (TPSA) is 38.0 Å². The van der Waals surface area contributed by atoms with Gasteiger partial charge >= 0.3 is 0 Å². The maximum atomic E-state index is 9.14. The van der Waals surface area contributed by atoms with E-state index in [1.807, 2.05) is 31.5 Å². The lowest BCUT2D eigenvalue weighted by molar-refractivity contribution is 0.210. The second-order valence-corrected chi connectivity index (χ2v) is 3.57. The van der Waals surface area contributed by atoms with Crippen molar-refractivity contribution in [2.24, 2.45) is 0 Å². The van der Waals surface area contributed by atoms with Crippen molar-refractivity contribution >= 4 is 0 Å². The van der Waals surface area contributed by atoms with Gasteiger partial charge in [-0.25, -0.2) is 0 Å².